The third kappa shape index (κ3) is 19.6. The van der Waals surface area contributed by atoms with Gasteiger partial charge in [0.05, 0.1) is 49.1 Å². The maximum atomic E-state index is 14.8. The lowest BCUT2D eigenvalue weighted by atomic mass is 10.0. The van der Waals surface area contributed by atoms with E-state index in [1.54, 1.807) is 120 Å². The van der Waals surface area contributed by atoms with E-state index in [-0.39, 0.29) is 47.3 Å². The maximum Gasteiger partial charge on any atom is 0.165 e. The van der Waals surface area contributed by atoms with Gasteiger partial charge in [0.25, 0.3) is 0 Å². The van der Waals surface area contributed by atoms with E-state index in [1.165, 1.54) is 69.1 Å². The minimum Gasteiger partial charge on any atom is -0.492 e. The molecule has 736 valence electrons. The highest BCUT2D eigenvalue weighted by Gasteiger charge is 2.40. The second kappa shape index (κ2) is 40.3. The van der Waals surface area contributed by atoms with E-state index in [2.05, 4.69) is 127 Å². The molecule has 0 aliphatic carbocycles. The summed E-state index contributed by atoms with van der Waals surface area (Å²) in [5.41, 5.74) is 8.57. The molecule has 0 saturated carbocycles. The van der Waals surface area contributed by atoms with Crippen LogP contribution < -0.4 is 49.9 Å². The van der Waals surface area contributed by atoms with Crippen LogP contribution in [0.15, 0.2) is 195 Å². The number of rotatable bonds is 0. The number of piperidine rings is 1. The van der Waals surface area contributed by atoms with Crippen LogP contribution in [0.25, 0.3) is 83.9 Å². The van der Waals surface area contributed by atoms with E-state index in [0.717, 1.165) is 134 Å². The highest BCUT2D eigenvalue weighted by molar-refractivity contribution is 5.83. The molecular weight excluding hydrogens is 1820 g/mol. The zero-order valence-corrected chi connectivity index (χ0v) is 79.2. The molecular formula is C104H113F6N27O5. The van der Waals surface area contributed by atoms with E-state index >= 15 is 0 Å². The van der Waals surface area contributed by atoms with Crippen molar-refractivity contribution in [3.8, 4) is 84.4 Å². The fourth-order valence-corrected chi connectivity index (χ4v) is 21.9. The molecule has 0 radical (unpaired) electrons. The lowest BCUT2D eigenvalue weighted by molar-refractivity contribution is 0.0293. The highest BCUT2D eigenvalue weighted by Crippen LogP contribution is 2.40. The second-order valence-corrected chi connectivity index (χ2v) is 38.6. The molecule has 4 N–H and O–H groups in total. The van der Waals surface area contributed by atoms with Crippen molar-refractivity contribution in [2.24, 2.45) is 0 Å². The first-order valence-electron chi connectivity index (χ1n) is 49.6. The lowest BCUT2D eigenvalue weighted by Gasteiger charge is -2.44. The van der Waals surface area contributed by atoms with E-state index in [1.807, 2.05) is 55.1 Å². The van der Waals surface area contributed by atoms with Crippen molar-refractivity contribution in [2.45, 2.75) is 113 Å². The topological polar surface area (TPSA) is 271 Å². The number of likely N-dealkylation sites (N-methyl/N-ethyl adjacent to an activating group) is 1. The molecule has 6 saturated heterocycles. The van der Waals surface area contributed by atoms with Gasteiger partial charge in [0, 0.05) is 229 Å². The van der Waals surface area contributed by atoms with Gasteiger partial charge >= 0.3 is 0 Å². The van der Waals surface area contributed by atoms with Gasteiger partial charge in [-0.3, -0.25) is 34.3 Å². The Bertz CT molecular complexity index is 7120. The maximum absolute atomic E-state index is 14.8. The Morgan fingerprint density at radius 1 is 0.331 bits per heavy atom. The van der Waals surface area contributed by atoms with Crippen LogP contribution in [0.4, 0.5) is 55.4 Å². The summed E-state index contributed by atoms with van der Waals surface area (Å²) < 4.78 is 126. The molecule has 10 aromatic heterocycles. The Balaban J connectivity index is 0.0000000988. The number of anilines is 5. The van der Waals surface area contributed by atoms with Gasteiger partial charge in [-0.15, -0.1) is 0 Å². The predicted molar refractivity (Wildman–Crippen MR) is 530 cm³/mol. The number of hydrogen-bond donors (Lipinski definition) is 4. The van der Waals surface area contributed by atoms with E-state index in [9.17, 15) is 26.3 Å². The number of piperazine rings is 2. The van der Waals surface area contributed by atoms with Gasteiger partial charge < -0.3 is 49.9 Å². The Hall–Kier alpha value is -13.8. The van der Waals surface area contributed by atoms with Gasteiger partial charge in [-0.1, -0.05) is 12.2 Å². The first-order valence-corrected chi connectivity index (χ1v) is 49.6. The van der Waals surface area contributed by atoms with Crippen LogP contribution in [0.1, 0.15) is 58.3 Å². The molecule has 38 heteroatoms. The molecule has 32 nitrogen and oxygen atoms in total. The van der Waals surface area contributed by atoms with E-state index < -0.39 is 6.17 Å². The van der Waals surface area contributed by atoms with Crippen molar-refractivity contribution in [3.05, 3.63) is 225 Å². The lowest BCUT2D eigenvalue weighted by Crippen LogP contribution is -2.59. The smallest absolute Gasteiger partial charge is 0.165 e. The number of halogens is 6. The van der Waals surface area contributed by atoms with Crippen molar-refractivity contribution in [1.82, 2.24) is 107 Å². The monoisotopic (exact) mass is 1930 g/mol. The number of nitrogens with zero attached hydrogens (tertiary/aromatic N) is 23. The van der Waals surface area contributed by atoms with Crippen molar-refractivity contribution < 1.29 is 50.0 Å². The van der Waals surface area contributed by atoms with Gasteiger partial charge in [-0.2, -0.15) is 25.5 Å². The fourth-order valence-electron chi connectivity index (χ4n) is 21.9. The highest BCUT2D eigenvalue weighted by atomic mass is 19.1. The van der Waals surface area contributed by atoms with Crippen molar-refractivity contribution in [2.75, 3.05) is 184 Å². The summed E-state index contributed by atoms with van der Waals surface area (Å²) in [5.74, 6) is 5.55. The third-order valence-electron chi connectivity index (χ3n) is 29.6. The van der Waals surface area contributed by atoms with Gasteiger partial charge in [-0.25, -0.2) is 73.8 Å². The molecule has 5 aromatic carbocycles. The molecule has 0 amide bonds. The summed E-state index contributed by atoms with van der Waals surface area (Å²) >= 11 is 0. The van der Waals surface area contributed by atoms with Crippen molar-refractivity contribution in [3.63, 3.8) is 0 Å². The number of fused-ring (bicyclic) bond motifs is 26. The Morgan fingerprint density at radius 3 is 1.14 bits per heavy atom. The molecule has 23 heterocycles. The first kappa shape index (κ1) is 92.0. The summed E-state index contributed by atoms with van der Waals surface area (Å²) in [5, 5.41) is 35.1. The molecule has 142 heavy (non-hydrogen) atoms. The van der Waals surface area contributed by atoms with Crippen LogP contribution in [0, 0.1) is 29.1 Å². The first-order chi connectivity index (χ1) is 69.5. The molecule has 13 aliphatic heterocycles. The Kier molecular flexibility index (Phi) is 26.1. The molecule has 1 unspecified atom stereocenters. The number of benzene rings is 5. The van der Waals surface area contributed by atoms with Crippen LogP contribution >= 0.6 is 0 Å². The minimum atomic E-state index is -0.847. The van der Waals surface area contributed by atoms with Gasteiger partial charge in [0.15, 0.2) is 28.2 Å². The second-order valence-electron chi connectivity index (χ2n) is 38.6. The SMILES string of the molecule is CN1CCN2C[C@@H]3CCCN3C[C@H]2COc2ccc(F)c(c2)-c2cnn3ccc1nc23.C[C@H]1C[C@@H]2CCN1CCNc1ccn3ncc(c3n1)-c1cc(ccc1F)O2.Fc1ccc2cc1-c1cnn3ccc(nc13)NCCN1CCC=C[C@H]1CO2.Fc1ccc2cc1-c1cnn3ccc(nc13)NCCN1C[C@@H](F)C[C@H]1CO2.Fc1ccc2cc1-c1cnn3ccc(nc13)NCCN1C[C@@H]3CCCN3C[C@@H]1CO2. The molecule has 22 bridgehead atoms. The molecule has 10 atom stereocenters. The minimum absolute atomic E-state index is 0.000362. The third-order valence-corrected chi connectivity index (χ3v) is 29.6. The molecule has 0 spiro atoms. The number of nitrogens with one attached hydrogen (secondary N) is 4. The number of ether oxygens (including phenoxy) is 5. The summed E-state index contributed by atoms with van der Waals surface area (Å²) in [6.07, 6.45) is 29.7. The van der Waals surface area contributed by atoms with E-state index in [4.69, 9.17) is 33.7 Å². The zero-order valence-electron chi connectivity index (χ0n) is 79.2. The van der Waals surface area contributed by atoms with Crippen LogP contribution in [0.2, 0.25) is 0 Å². The summed E-state index contributed by atoms with van der Waals surface area (Å²) in [6, 6.07) is 36.5. The van der Waals surface area contributed by atoms with E-state index in [0.29, 0.717) is 201 Å². The fraction of sp³-hybridized carbons (Fsp3) is 0.404. The normalized spacial score (nSPS) is 23.5. The number of alkyl halides is 1. The predicted octanol–water partition coefficient (Wildman–Crippen LogP) is 13.9. The number of aromatic nitrogens is 15. The quantitative estimate of drug-likeness (QED) is 0.0811. The molecule has 13 aliphatic rings. The van der Waals surface area contributed by atoms with Crippen LogP contribution in [0.3, 0.4) is 0 Å². The Morgan fingerprint density at radius 2 is 0.697 bits per heavy atom. The Labute approximate surface area is 816 Å². The van der Waals surface area contributed by atoms with Crippen molar-refractivity contribution >= 4 is 57.3 Å². The van der Waals surface area contributed by atoms with Gasteiger partial charge in [0.1, 0.15) is 126 Å². The number of hydrogen-bond acceptors (Lipinski definition) is 27. The van der Waals surface area contributed by atoms with Gasteiger partial charge in [-0.05, 0) is 193 Å². The average molecular weight is 1940 g/mol. The molecule has 6 fully saturated rings. The van der Waals surface area contributed by atoms with Crippen LogP contribution in [-0.2, 0) is 0 Å². The summed E-state index contributed by atoms with van der Waals surface area (Å²) in [4.78, 5) is 42.9. The van der Waals surface area contributed by atoms with Crippen LogP contribution in [-0.4, -0.2) is 320 Å². The largest absolute Gasteiger partial charge is 0.492 e. The molecule has 28 rings (SSSR count). The summed E-state index contributed by atoms with van der Waals surface area (Å²) in [7, 11) is 2.07. The zero-order chi connectivity index (χ0) is 96.0. The average Bonchev–Trinajstić information content (AvgIpc) is 1.61. The van der Waals surface area contributed by atoms with Crippen LogP contribution in [0.5, 0.6) is 28.7 Å². The van der Waals surface area contributed by atoms with Gasteiger partial charge in [0.2, 0.25) is 0 Å². The summed E-state index contributed by atoms with van der Waals surface area (Å²) in [6.45, 7) is 21.7. The van der Waals surface area contributed by atoms with Crippen molar-refractivity contribution in [1.29, 1.82) is 0 Å². The standard InChI is InChI=1S/C23H27FN6O.C22H25FN6O.C20H22FN5O.C20H20FN5O.C19H19F2N5O/c1-27-9-10-29-13-16-3-2-7-28(16)14-17(29)15-31-18-4-5-21(24)19(11-18)20-12-25-30-8-6-22(27)26-23(20)30;23-20-4-3-17-10-18(20)19-11-25-29-8-5-21(26-22(19)29)24-6-9-28-12-15-2-1-7-27(15)13-16(28)14-30-17;1-13-10-15-4-7-25(13)9-6-22-19-5-8-26-20(24-19)17(12-23-26)16-11-14(27-15)2-3-18(16)21;21-18-5-4-15-11-16(18)17-12-23-26-9-6-19(24-20(17)26)22-7-10-25-8-2-1-3-14(25)13-27-15;20-12-7-13-11-27-14-1-2-17(21)15(8-14)16-9-23-26-5-3-18(24-19(16)26)22-4-6-25(13)10-12/h4-6,8,11-12,16-17H,2-3,7,9-10,13-15H2,1H3;3-5,8,10-11,15-16H,1-2,6-7,9,12-14H2,(H,24,26);2-3,5,8,11-13,15H,4,6-7,9-10H2,1H3,(H,22,24);1,3-6,9,11-12,14H,2,7-8,10,13H2,(H,22,24);1-3,5,8-9,12-13H,4,6-7,10-11H2,(H,22,24)/t16-,17-;15-,16+;13-,15-;14-;12-,13-/m00000/s1. The molecule has 15 aromatic rings.